The average Bonchev–Trinajstić information content (AvgIpc) is 2.69. The number of hydrogen-bond donors (Lipinski definition) is 0. The lowest BCUT2D eigenvalue weighted by molar-refractivity contribution is 0.0767. The quantitative estimate of drug-likeness (QED) is 0.709. The molecule has 0 spiro atoms. The second-order valence-electron chi connectivity index (χ2n) is 5.79. The van der Waals surface area contributed by atoms with Crippen LogP contribution in [0.4, 0.5) is 0 Å². The van der Waals surface area contributed by atoms with E-state index in [-0.39, 0.29) is 17.2 Å². The van der Waals surface area contributed by atoms with E-state index in [1.807, 2.05) is 13.8 Å². The van der Waals surface area contributed by atoms with Crippen LogP contribution in [0.5, 0.6) is 5.75 Å². The monoisotopic (exact) mass is 351 g/mol. The highest BCUT2D eigenvalue weighted by molar-refractivity contribution is 6.04. The zero-order valence-electron chi connectivity index (χ0n) is 15.1. The fourth-order valence-electron chi connectivity index (χ4n) is 2.91. The molecule has 0 fully saturated rings. The number of benzene rings is 2. The molecule has 1 aromatic heterocycles. The van der Waals surface area contributed by atoms with E-state index in [0.717, 1.165) is 0 Å². The maximum atomic E-state index is 12.9. The number of methoxy groups -OCH3 is 1. The summed E-state index contributed by atoms with van der Waals surface area (Å²) in [5, 5.41) is 5.45. The molecule has 6 nitrogen and oxygen atoms in total. The van der Waals surface area contributed by atoms with E-state index in [4.69, 9.17) is 4.74 Å². The van der Waals surface area contributed by atoms with E-state index >= 15 is 0 Å². The number of aromatic nitrogens is 2. The van der Waals surface area contributed by atoms with Crippen molar-refractivity contribution >= 4 is 16.7 Å². The van der Waals surface area contributed by atoms with Crippen molar-refractivity contribution in [3.05, 3.63) is 64.6 Å². The van der Waals surface area contributed by atoms with Gasteiger partial charge in [0.1, 0.15) is 5.75 Å². The van der Waals surface area contributed by atoms with Crippen LogP contribution in [-0.4, -0.2) is 40.8 Å². The fourth-order valence-corrected chi connectivity index (χ4v) is 2.91. The molecule has 0 unspecified atom stereocenters. The van der Waals surface area contributed by atoms with Crippen molar-refractivity contribution in [2.75, 3.05) is 20.2 Å². The molecule has 0 atom stereocenters. The van der Waals surface area contributed by atoms with Crippen molar-refractivity contribution < 1.29 is 9.53 Å². The Hall–Kier alpha value is -3.15. The smallest absolute Gasteiger partial charge is 0.279 e. The minimum absolute atomic E-state index is 0.187. The molecule has 1 amide bonds. The predicted molar refractivity (Wildman–Crippen MR) is 101 cm³/mol. The van der Waals surface area contributed by atoms with Crippen molar-refractivity contribution in [1.29, 1.82) is 0 Å². The van der Waals surface area contributed by atoms with E-state index in [1.54, 1.807) is 60.5 Å². The molecule has 2 aromatic carbocycles. The van der Waals surface area contributed by atoms with Gasteiger partial charge in [0.05, 0.1) is 18.2 Å². The SMILES string of the molecule is CCN(CC)C(=O)c1nn(-c2ccc(OC)cc2)c(=O)c2ccccc12. The van der Waals surface area contributed by atoms with Gasteiger partial charge in [-0.25, -0.2) is 0 Å². The van der Waals surface area contributed by atoms with E-state index in [2.05, 4.69) is 5.10 Å². The Morgan fingerprint density at radius 3 is 2.23 bits per heavy atom. The van der Waals surface area contributed by atoms with Crippen LogP contribution in [-0.2, 0) is 0 Å². The molecule has 0 aliphatic heterocycles. The molecule has 0 aliphatic carbocycles. The van der Waals surface area contributed by atoms with Gasteiger partial charge in [0.25, 0.3) is 11.5 Å². The Labute approximate surface area is 151 Å². The molecule has 26 heavy (non-hydrogen) atoms. The first-order chi connectivity index (χ1) is 12.6. The van der Waals surface area contributed by atoms with Gasteiger partial charge in [-0.05, 0) is 44.2 Å². The van der Waals surface area contributed by atoms with Gasteiger partial charge in [-0.2, -0.15) is 9.78 Å². The first-order valence-corrected chi connectivity index (χ1v) is 8.56. The summed E-state index contributed by atoms with van der Waals surface area (Å²) in [5.41, 5.74) is 0.594. The first-order valence-electron chi connectivity index (χ1n) is 8.56. The van der Waals surface area contributed by atoms with Gasteiger partial charge in [-0.1, -0.05) is 18.2 Å². The number of carbonyl (C=O) groups excluding carboxylic acids is 1. The third-order valence-electron chi connectivity index (χ3n) is 4.38. The molecule has 0 saturated heterocycles. The molecule has 3 rings (SSSR count). The summed E-state index contributed by atoms with van der Waals surface area (Å²) < 4.78 is 6.44. The number of rotatable bonds is 5. The number of hydrogen-bond acceptors (Lipinski definition) is 4. The number of nitrogens with zero attached hydrogens (tertiary/aromatic N) is 3. The number of fused-ring (bicyclic) bond motifs is 1. The highest BCUT2D eigenvalue weighted by Gasteiger charge is 2.20. The van der Waals surface area contributed by atoms with Crippen LogP contribution in [0.25, 0.3) is 16.5 Å². The lowest BCUT2D eigenvalue weighted by Gasteiger charge is -2.19. The molecule has 0 N–H and O–H groups in total. The second kappa shape index (κ2) is 7.39. The van der Waals surface area contributed by atoms with Gasteiger partial charge in [0.2, 0.25) is 0 Å². The van der Waals surface area contributed by atoms with E-state index < -0.39 is 0 Å². The maximum Gasteiger partial charge on any atom is 0.279 e. The van der Waals surface area contributed by atoms with Crippen LogP contribution in [0.1, 0.15) is 24.3 Å². The van der Waals surface area contributed by atoms with E-state index in [1.165, 1.54) is 4.68 Å². The molecule has 0 aliphatic rings. The minimum Gasteiger partial charge on any atom is -0.497 e. The average molecular weight is 351 g/mol. The van der Waals surface area contributed by atoms with Crippen LogP contribution < -0.4 is 10.3 Å². The Morgan fingerprint density at radius 2 is 1.65 bits per heavy atom. The van der Waals surface area contributed by atoms with Crippen LogP contribution in [0.15, 0.2) is 53.3 Å². The molecule has 0 bridgehead atoms. The Kier molecular flexibility index (Phi) is 5.02. The highest BCUT2D eigenvalue weighted by Crippen LogP contribution is 2.18. The van der Waals surface area contributed by atoms with Crippen LogP contribution >= 0.6 is 0 Å². The van der Waals surface area contributed by atoms with Crippen molar-refractivity contribution in [3.63, 3.8) is 0 Å². The highest BCUT2D eigenvalue weighted by atomic mass is 16.5. The van der Waals surface area contributed by atoms with Gasteiger partial charge >= 0.3 is 0 Å². The number of carbonyl (C=O) groups is 1. The number of ether oxygens (including phenoxy) is 1. The molecule has 0 saturated carbocycles. The molecular formula is C20H21N3O3. The molecule has 6 heteroatoms. The summed E-state index contributed by atoms with van der Waals surface area (Å²) in [6.45, 7) is 4.99. The standard InChI is InChI=1S/C20H21N3O3/c1-4-22(5-2)20(25)18-16-8-6-7-9-17(16)19(24)23(21-18)14-10-12-15(26-3)13-11-14/h6-13H,4-5H2,1-3H3. The number of amides is 1. The summed E-state index contributed by atoms with van der Waals surface area (Å²) in [5.74, 6) is 0.496. The van der Waals surface area contributed by atoms with Crippen LogP contribution in [0, 0.1) is 0 Å². The first kappa shape index (κ1) is 17.7. The summed E-state index contributed by atoms with van der Waals surface area (Å²) in [4.78, 5) is 27.5. The predicted octanol–water partition coefficient (Wildman–Crippen LogP) is 2.88. The molecule has 1 heterocycles. The molecule has 134 valence electrons. The van der Waals surface area contributed by atoms with Crippen LogP contribution in [0.2, 0.25) is 0 Å². The minimum atomic E-state index is -0.262. The van der Waals surface area contributed by atoms with E-state index in [9.17, 15) is 9.59 Å². The Balaban J connectivity index is 2.26. The third kappa shape index (κ3) is 3.06. The van der Waals surface area contributed by atoms with Crippen LogP contribution in [0.3, 0.4) is 0 Å². The van der Waals surface area contributed by atoms with Gasteiger partial charge in [-0.3, -0.25) is 9.59 Å². The molecule has 0 radical (unpaired) electrons. The Morgan fingerprint density at radius 1 is 1.04 bits per heavy atom. The van der Waals surface area contributed by atoms with Gasteiger partial charge in [0.15, 0.2) is 5.69 Å². The largest absolute Gasteiger partial charge is 0.497 e. The Bertz CT molecular complexity index is 989. The topological polar surface area (TPSA) is 64.4 Å². The lowest BCUT2D eigenvalue weighted by Crippen LogP contribution is -2.34. The second-order valence-corrected chi connectivity index (χ2v) is 5.79. The van der Waals surface area contributed by atoms with E-state index in [0.29, 0.717) is 35.3 Å². The summed E-state index contributed by atoms with van der Waals surface area (Å²) in [6, 6.07) is 14.1. The summed E-state index contributed by atoms with van der Waals surface area (Å²) in [6.07, 6.45) is 0. The zero-order chi connectivity index (χ0) is 18.7. The lowest BCUT2D eigenvalue weighted by atomic mass is 10.1. The van der Waals surface area contributed by atoms with Crippen molar-refractivity contribution in [1.82, 2.24) is 14.7 Å². The van der Waals surface area contributed by atoms with Gasteiger partial charge in [-0.15, -0.1) is 0 Å². The summed E-state index contributed by atoms with van der Waals surface area (Å²) >= 11 is 0. The summed E-state index contributed by atoms with van der Waals surface area (Å²) in [7, 11) is 1.58. The fraction of sp³-hybridized carbons (Fsp3) is 0.250. The third-order valence-corrected chi connectivity index (χ3v) is 4.38. The maximum absolute atomic E-state index is 12.9. The molecular weight excluding hydrogens is 330 g/mol. The van der Waals surface area contributed by atoms with Gasteiger partial charge < -0.3 is 9.64 Å². The molecule has 3 aromatic rings. The van der Waals surface area contributed by atoms with Gasteiger partial charge in [0, 0.05) is 18.5 Å². The normalized spacial score (nSPS) is 10.7. The van der Waals surface area contributed by atoms with Crippen molar-refractivity contribution in [3.8, 4) is 11.4 Å². The zero-order valence-corrected chi connectivity index (χ0v) is 15.1. The van der Waals surface area contributed by atoms with Crippen molar-refractivity contribution in [2.24, 2.45) is 0 Å². The van der Waals surface area contributed by atoms with Crippen molar-refractivity contribution in [2.45, 2.75) is 13.8 Å².